The Morgan fingerprint density at radius 1 is 1.47 bits per heavy atom. The molecule has 0 aromatic carbocycles. The average Bonchev–Trinajstić information content (AvgIpc) is 2.38. The number of hydrogen-bond acceptors (Lipinski definition) is 3. The summed E-state index contributed by atoms with van der Waals surface area (Å²) in [6, 6.07) is 3.55. The van der Waals surface area contributed by atoms with E-state index >= 15 is 0 Å². The predicted molar refractivity (Wildman–Crippen MR) is 69.9 cm³/mol. The summed E-state index contributed by atoms with van der Waals surface area (Å²) >= 11 is 3.29. The van der Waals surface area contributed by atoms with Gasteiger partial charge in [0.25, 0.3) is 5.91 Å². The molecule has 1 saturated heterocycles. The first-order valence-corrected chi connectivity index (χ1v) is 6.65. The number of pyridine rings is 1. The Kier molecular flexibility index (Phi) is 4.50. The Labute approximate surface area is 109 Å². The summed E-state index contributed by atoms with van der Waals surface area (Å²) in [6.45, 7) is 2.85. The number of hydrogen-bond donors (Lipinski definition) is 2. The van der Waals surface area contributed by atoms with E-state index in [0.717, 1.165) is 36.9 Å². The van der Waals surface area contributed by atoms with E-state index < -0.39 is 0 Å². The first kappa shape index (κ1) is 12.5. The van der Waals surface area contributed by atoms with Crippen molar-refractivity contribution in [1.82, 2.24) is 15.6 Å². The number of piperidine rings is 1. The molecule has 17 heavy (non-hydrogen) atoms. The Morgan fingerprint density at radius 2 is 2.24 bits per heavy atom. The summed E-state index contributed by atoms with van der Waals surface area (Å²) in [7, 11) is 0. The molecule has 5 heteroatoms. The lowest BCUT2D eigenvalue weighted by molar-refractivity contribution is 0.0939. The van der Waals surface area contributed by atoms with Crippen LogP contribution in [0.15, 0.2) is 22.8 Å². The molecule has 0 aliphatic carbocycles. The molecule has 0 bridgehead atoms. The molecule has 2 heterocycles. The Bertz CT molecular complexity index is 374. The topological polar surface area (TPSA) is 54.0 Å². The molecule has 2 rings (SSSR count). The highest BCUT2D eigenvalue weighted by Gasteiger charge is 2.14. The second-order valence-corrected chi connectivity index (χ2v) is 5.18. The van der Waals surface area contributed by atoms with Gasteiger partial charge >= 0.3 is 0 Å². The number of carbonyl (C=O) groups is 1. The SMILES string of the molecule is O=C(NCC1CCNCC1)c1ccc(Br)cn1. The quantitative estimate of drug-likeness (QED) is 0.890. The number of halogens is 1. The van der Waals surface area contributed by atoms with Crippen molar-refractivity contribution in [2.75, 3.05) is 19.6 Å². The monoisotopic (exact) mass is 297 g/mol. The number of nitrogens with one attached hydrogen (secondary N) is 2. The fraction of sp³-hybridized carbons (Fsp3) is 0.500. The van der Waals surface area contributed by atoms with Crippen LogP contribution in [0.4, 0.5) is 0 Å². The van der Waals surface area contributed by atoms with Gasteiger partial charge in [-0.1, -0.05) is 0 Å². The van der Waals surface area contributed by atoms with Crippen molar-refractivity contribution in [1.29, 1.82) is 0 Å². The van der Waals surface area contributed by atoms with Crippen molar-refractivity contribution in [3.63, 3.8) is 0 Å². The second-order valence-electron chi connectivity index (χ2n) is 4.27. The number of aromatic nitrogens is 1. The van der Waals surface area contributed by atoms with Crippen molar-refractivity contribution in [3.8, 4) is 0 Å². The molecule has 4 nitrogen and oxygen atoms in total. The summed E-state index contributed by atoms with van der Waals surface area (Å²) in [5.41, 5.74) is 0.474. The Balaban J connectivity index is 1.82. The van der Waals surface area contributed by atoms with Gasteiger partial charge in [0.15, 0.2) is 0 Å². The number of amides is 1. The standard InChI is InChI=1S/C12H16BrN3O/c13-10-1-2-11(15-8-10)12(17)16-7-9-3-5-14-6-4-9/h1-2,8-9,14H,3-7H2,(H,16,17). The molecule has 0 saturated carbocycles. The van der Waals surface area contributed by atoms with Crippen LogP contribution in [-0.2, 0) is 0 Å². The molecule has 0 radical (unpaired) electrons. The summed E-state index contributed by atoms with van der Waals surface area (Å²) in [5.74, 6) is 0.506. The molecule has 1 amide bonds. The maximum atomic E-state index is 11.8. The normalized spacial score (nSPS) is 16.8. The lowest BCUT2D eigenvalue weighted by Gasteiger charge is -2.22. The zero-order valence-corrected chi connectivity index (χ0v) is 11.2. The minimum absolute atomic E-state index is 0.0870. The van der Waals surface area contributed by atoms with Crippen LogP contribution in [0.1, 0.15) is 23.3 Å². The third kappa shape index (κ3) is 3.78. The summed E-state index contributed by atoms with van der Waals surface area (Å²) in [6.07, 6.45) is 3.90. The van der Waals surface area contributed by atoms with Gasteiger partial charge in [0, 0.05) is 17.2 Å². The van der Waals surface area contributed by atoms with Crippen LogP contribution in [0.5, 0.6) is 0 Å². The molecule has 92 valence electrons. The third-order valence-electron chi connectivity index (χ3n) is 2.97. The van der Waals surface area contributed by atoms with E-state index in [-0.39, 0.29) is 5.91 Å². The fourth-order valence-electron chi connectivity index (χ4n) is 1.92. The number of carbonyl (C=O) groups excluding carboxylic acids is 1. The molecule has 0 spiro atoms. The van der Waals surface area contributed by atoms with Gasteiger partial charge in [0.05, 0.1) is 0 Å². The first-order chi connectivity index (χ1) is 8.25. The first-order valence-electron chi connectivity index (χ1n) is 5.86. The van der Waals surface area contributed by atoms with Crippen LogP contribution in [0.25, 0.3) is 0 Å². The second kappa shape index (κ2) is 6.12. The van der Waals surface area contributed by atoms with E-state index in [1.165, 1.54) is 0 Å². The number of nitrogens with zero attached hydrogens (tertiary/aromatic N) is 1. The molecule has 0 atom stereocenters. The molecule has 1 aliphatic heterocycles. The summed E-state index contributed by atoms with van der Waals surface area (Å²) < 4.78 is 0.882. The molecule has 1 fully saturated rings. The van der Waals surface area contributed by atoms with Gasteiger partial charge < -0.3 is 10.6 Å². The van der Waals surface area contributed by atoms with E-state index in [1.807, 2.05) is 6.07 Å². The fourth-order valence-corrected chi connectivity index (χ4v) is 2.16. The molecule has 1 aromatic heterocycles. The lowest BCUT2D eigenvalue weighted by Crippen LogP contribution is -2.36. The van der Waals surface area contributed by atoms with E-state index in [1.54, 1.807) is 12.3 Å². The molecule has 2 N–H and O–H groups in total. The van der Waals surface area contributed by atoms with Crippen LogP contribution in [0.2, 0.25) is 0 Å². The van der Waals surface area contributed by atoms with Gasteiger partial charge in [0.1, 0.15) is 5.69 Å². The molecule has 1 aromatic rings. The van der Waals surface area contributed by atoms with Crippen molar-refractivity contribution in [2.45, 2.75) is 12.8 Å². The predicted octanol–water partition coefficient (Wildman–Crippen LogP) is 1.57. The van der Waals surface area contributed by atoms with Gasteiger partial charge in [0.2, 0.25) is 0 Å². The van der Waals surface area contributed by atoms with Gasteiger partial charge in [-0.25, -0.2) is 4.98 Å². The van der Waals surface area contributed by atoms with Crippen LogP contribution in [0.3, 0.4) is 0 Å². The molecular weight excluding hydrogens is 282 g/mol. The Morgan fingerprint density at radius 3 is 2.88 bits per heavy atom. The van der Waals surface area contributed by atoms with Crippen molar-refractivity contribution in [2.24, 2.45) is 5.92 Å². The van der Waals surface area contributed by atoms with E-state index in [0.29, 0.717) is 11.6 Å². The highest BCUT2D eigenvalue weighted by molar-refractivity contribution is 9.10. The van der Waals surface area contributed by atoms with E-state index in [2.05, 4.69) is 31.5 Å². The highest BCUT2D eigenvalue weighted by Crippen LogP contribution is 2.11. The molecule has 0 unspecified atom stereocenters. The van der Waals surface area contributed by atoms with Crippen LogP contribution < -0.4 is 10.6 Å². The average molecular weight is 298 g/mol. The number of rotatable bonds is 3. The highest BCUT2D eigenvalue weighted by atomic mass is 79.9. The van der Waals surface area contributed by atoms with Crippen LogP contribution in [-0.4, -0.2) is 30.5 Å². The zero-order chi connectivity index (χ0) is 12.1. The smallest absolute Gasteiger partial charge is 0.269 e. The maximum absolute atomic E-state index is 11.8. The maximum Gasteiger partial charge on any atom is 0.269 e. The summed E-state index contributed by atoms with van der Waals surface area (Å²) in [4.78, 5) is 15.9. The van der Waals surface area contributed by atoms with Crippen molar-refractivity contribution < 1.29 is 4.79 Å². The minimum atomic E-state index is -0.0870. The zero-order valence-electron chi connectivity index (χ0n) is 9.58. The van der Waals surface area contributed by atoms with Gasteiger partial charge in [-0.2, -0.15) is 0 Å². The summed E-state index contributed by atoms with van der Waals surface area (Å²) in [5, 5.41) is 6.25. The van der Waals surface area contributed by atoms with Gasteiger partial charge in [-0.15, -0.1) is 0 Å². The van der Waals surface area contributed by atoms with Crippen LogP contribution >= 0.6 is 15.9 Å². The van der Waals surface area contributed by atoms with E-state index in [9.17, 15) is 4.79 Å². The third-order valence-corrected chi connectivity index (χ3v) is 3.44. The van der Waals surface area contributed by atoms with Gasteiger partial charge in [-0.05, 0) is 59.9 Å². The van der Waals surface area contributed by atoms with E-state index in [4.69, 9.17) is 0 Å². The largest absolute Gasteiger partial charge is 0.350 e. The lowest BCUT2D eigenvalue weighted by atomic mass is 9.98. The molecule has 1 aliphatic rings. The van der Waals surface area contributed by atoms with Crippen LogP contribution in [0, 0.1) is 5.92 Å². The minimum Gasteiger partial charge on any atom is -0.350 e. The Hall–Kier alpha value is -0.940. The molecular formula is C12H16BrN3O. The van der Waals surface area contributed by atoms with Gasteiger partial charge in [-0.3, -0.25) is 4.79 Å². The van der Waals surface area contributed by atoms with Crippen molar-refractivity contribution in [3.05, 3.63) is 28.5 Å². The van der Waals surface area contributed by atoms with Crippen molar-refractivity contribution >= 4 is 21.8 Å².